The Hall–Kier alpha value is -6.96. The molecule has 12 rings (SSSR count). The van der Waals surface area contributed by atoms with Gasteiger partial charge in [-0.05, 0) is 71.3 Å². The van der Waals surface area contributed by atoms with Gasteiger partial charge in [0.1, 0.15) is 11.2 Å². The summed E-state index contributed by atoms with van der Waals surface area (Å²) in [6.45, 7) is 0. The second kappa shape index (κ2) is 12.8. The lowest BCUT2D eigenvalue weighted by atomic mass is 10.0. The van der Waals surface area contributed by atoms with E-state index in [1.54, 1.807) is 0 Å². The van der Waals surface area contributed by atoms with Crippen molar-refractivity contribution in [2.75, 3.05) is 0 Å². The summed E-state index contributed by atoms with van der Waals surface area (Å²) >= 11 is 0. The fraction of sp³-hybridized carbons (Fsp3) is 0.0588. The smallest absolute Gasteiger partial charge is 0.137 e. The van der Waals surface area contributed by atoms with Crippen LogP contribution in [0.4, 0.5) is 0 Å². The van der Waals surface area contributed by atoms with E-state index in [2.05, 4.69) is 207 Å². The Kier molecular flexibility index (Phi) is 7.25. The highest BCUT2D eigenvalue weighted by Gasteiger charge is 2.30. The van der Waals surface area contributed by atoms with Crippen molar-refractivity contribution in [1.29, 1.82) is 0 Å². The number of nitrogens with zero attached hydrogens (tertiary/aromatic N) is 2. The minimum Gasteiger partial charge on any atom is -0.456 e. The molecule has 11 aromatic rings. The number of benzene rings is 8. The van der Waals surface area contributed by atoms with Crippen LogP contribution >= 0.6 is 0 Å². The van der Waals surface area contributed by atoms with Crippen molar-refractivity contribution in [1.82, 2.24) is 25.1 Å². The molecule has 1 aliphatic heterocycles. The number of aromatic nitrogens is 2. The van der Waals surface area contributed by atoms with Gasteiger partial charge >= 0.3 is 0 Å². The summed E-state index contributed by atoms with van der Waals surface area (Å²) in [5, 5.41) is 18.7. The molecule has 4 heterocycles. The van der Waals surface area contributed by atoms with Crippen LogP contribution in [0.25, 0.3) is 76.9 Å². The van der Waals surface area contributed by atoms with Crippen LogP contribution < -0.4 is 16.0 Å². The summed E-state index contributed by atoms with van der Waals surface area (Å²) in [5.74, 6) is 0. The number of rotatable bonds is 5. The second-order valence-electron chi connectivity index (χ2n) is 15.1. The fourth-order valence-electron chi connectivity index (χ4n) is 9.19. The lowest BCUT2D eigenvalue weighted by Gasteiger charge is -2.39. The van der Waals surface area contributed by atoms with Crippen molar-refractivity contribution in [2.24, 2.45) is 0 Å². The lowest BCUT2D eigenvalue weighted by Crippen LogP contribution is -2.54. The molecular weight excluding hydrogens is 699 g/mol. The van der Waals surface area contributed by atoms with Gasteiger partial charge in [-0.2, -0.15) is 0 Å². The third-order valence-corrected chi connectivity index (χ3v) is 11.8. The molecule has 3 aromatic heterocycles. The second-order valence-corrected chi connectivity index (χ2v) is 15.1. The molecule has 0 bridgehead atoms. The van der Waals surface area contributed by atoms with Gasteiger partial charge in [0.2, 0.25) is 0 Å². The Morgan fingerprint density at radius 1 is 0.316 bits per heavy atom. The maximum atomic E-state index is 6.53. The highest BCUT2D eigenvalue weighted by atomic mass is 16.3. The highest BCUT2D eigenvalue weighted by molar-refractivity contribution is 6.22. The van der Waals surface area contributed by atoms with E-state index < -0.39 is 0 Å². The molecule has 3 N–H and O–H groups in total. The maximum Gasteiger partial charge on any atom is 0.137 e. The molecule has 6 nitrogen and oxygen atoms in total. The number of furan rings is 1. The Balaban J connectivity index is 1.10. The number of hydrogen-bond donors (Lipinski definition) is 3. The van der Waals surface area contributed by atoms with Crippen LogP contribution in [0.5, 0.6) is 0 Å². The zero-order valence-electron chi connectivity index (χ0n) is 30.9. The third kappa shape index (κ3) is 5.16. The van der Waals surface area contributed by atoms with Crippen LogP contribution in [0.15, 0.2) is 192 Å². The minimum absolute atomic E-state index is 0.0610. The van der Waals surface area contributed by atoms with Crippen LogP contribution in [-0.4, -0.2) is 9.13 Å². The molecule has 2 unspecified atom stereocenters. The van der Waals surface area contributed by atoms with E-state index in [1.165, 1.54) is 43.7 Å². The Bertz CT molecular complexity index is 3240. The summed E-state index contributed by atoms with van der Waals surface area (Å²) in [4.78, 5) is 0. The van der Waals surface area contributed by atoms with Crippen molar-refractivity contribution >= 4 is 65.6 Å². The van der Waals surface area contributed by atoms with Crippen molar-refractivity contribution in [2.45, 2.75) is 18.5 Å². The summed E-state index contributed by atoms with van der Waals surface area (Å²) in [6, 6.07) is 67.4. The number of para-hydroxylation sites is 3. The monoisotopic (exact) mass is 735 g/mol. The van der Waals surface area contributed by atoms with Crippen molar-refractivity contribution in [3.8, 4) is 11.4 Å². The predicted molar refractivity (Wildman–Crippen MR) is 233 cm³/mol. The van der Waals surface area contributed by atoms with Crippen molar-refractivity contribution < 1.29 is 4.42 Å². The first kappa shape index (κ1) is 32.3. The Morgan fingerprint density at radius 2 is 0.807 bits per heavy atom. The van der Waals surface area contributed by atoms with Gasteiger partial charge in [0.15, 0.2) is 0 Å². The highest BCUT2D eigenvalue weighted by Crippen LogP contribution is 2.42. The molecule has 2 atom stereocenters. The van der Waals surface area contributed by atoms with Crippen LogP contribution in [0.2, 0.25) is 0 Å². The minimum atomic E-state index is -0.135. The first-order chi connectivity index (χ1) is 28.2. The van der Waals surface area contributed by atoms with E-state index in [0.717, 1.165) is 49.9 Å². The molecule has 1 fully saturated rings. The van der Waals surface area contributed by atoms with E-state index >= 15 is 0 Å². The molecular formula is C51H37N5O. The van der Waals surface area contributed by atoms with Crippen molar-refractivity contribution in [3.05, 3.63) is 205 Å². The molecule has 8 aromatic carbocycles. The summed E-state index contributed by atoms with van der Waals surface area (Å²) < 4.78 is 11.4. The van der Waals surface area contributed by atoms with Crippen LogP contribution in [-0.2, 0) is 0 Å². The number of hydrogen-bond acceptors (Lipinski definition) is 4. The van der Waals surface area contributed by atoms with E-state index in [9.17, 15) is 0 Å². The fourth-order valence-corrected chi connectivity index (χ4v) is 9.19. The third-order valence-electron chi connectivity index (χ3n) is 11.8. The Labute approximate surface area is 328 Å². The summed E-state index contributed by atoms with van der Waals surface area (Å²) in [5.41, 5.74) is 12.1. The van der Waals surface area contributed by atoms with Gasteiger partial charge in [0.25, 0.3) is 0 Å². The lowest BCUT2D eigenvalue weighted by molar-refractivity contribution is 0.203. The van der Waals surface area contributed by atoms with Crippen LogP contribution in [0.3, 0.4) is 0 Å². The first-order valence-corrected chi connectivity index (χ1v) is 19.6. The largest absolute Gasteiger partial charge is 0.456 e. The molecule has 0 radical (unpaired) electrons. The van der Waals surface area contributed by atoms with Crippen LogP contribution in [0.1, 0.15) is 35.2 Å². The molecule has 57 heavy (non-hydrogen) atoms. The van der Waals surface area contributed by atoms with Gasteiger partial charge in [0, 0.05) is 49.8 Å². The SMILES string of the molecule is c1ccc(C2NC(c3ccccc3)NC(c3cccc(-n4c5cc6oc7ccccc7c6cc5c5cc6c7ccccc7n(-c7ccccc7)c6cc54)c3)N2)cc1. The van der Waals surface area contributed by atoms with Crippen molar-refractivity contribution in [3.63, 3.8) is 0 Å². The Morgan fingerprint density at radius 3 is 1.51 bits per heavy atom. The van der Waals surface area contributed by atoms with Gasteiger partial charge < -0.3 is 13.6 Å². The molecule has 6 heteroatoms. The standard InChI is InChI=1S/C51H37N5O/c1-4-15-32(16-5-1)49-52-50(33-17-6-2-7-18-33)54-51(53-49)34-19-14-22-36(27-34)56-45-30-44-39(37-23-10-12-25-43(37)55(44)35-20-8-3-9-21-35)28-40(45)41-29-42-38-24-11-13-26-47(38)57-48(42)31-46(41)56/h1-31,49-54H. The molecule has 1 saturated heterocycles. The molecule has 1 aliphatic rings. The zero-order valence-corrected chi connectivity index (χ0v) is 30.9. The number of nitrogens with one attached hydrogen (secondary N) is 3. The van der Waals surface area contributed by atoms with E-state index in [0.29, 0.717) is 0 Å². The number of fused-ring (bicyclic) bond motifs is 9. The van der Waals surface area contributed by atoms with Crippen LogP contribution in [0, 0.1) is 0 Å². The van der Waals surface area contributed by atoms with E-state index in [-0.39, 0.29) is 18.5 Å². The molecule has 0 amide bonds. The normalized spacial score (nSPS) is 17.4. The van der Waals surface area contributed by atoms with Gasteiger partial charge in [-0.15, -0.1) is 0 Å². The van der Waals surface area contributed by atoms with Gasteiger partial charge in [-0.1, -0.05) is 127 Å². The quantitative estimate of drug-likeness (QED) is 0.165. The average Bonchev–Trinajstić information content (AvgIpc) is 3.92. The summed E-state index contributed by atoms with van der Waals surface area (Å²) in [6.07, 6.45) is -0.257. The molecule has 0 aliphatic carbocycles. The zero-order chi connectivity index (χ0) is 37.5. The molecule has 272 valence electrons. The van der Waals surface area contributed by atoms with E-state index in [4.69, 9.17) is 4.42 Å². The molecule has 0 spiro atoms. The maximum absolute atomic E-state index is 6.53. The predicted octanol–water partition coefficient (Wildman–Crippen LogP) is 12.0. The van der Waals surface area contributed by atoms with Gasteiger partial charge in [0.05, 0.1) is 40.6 Å². The topological polar surface area (TPSA) is 59.1 Å². The van der Waals surface area contributed by atoms with E-state index in [1.807, 2.05) is 6.07 Å². The summed E-state index contributed by atoms with van der Waals surface area (Å²) in [7, 11) is 0. The van der Waals surface area contributed by atoms with Gasteiger partial charge in [-0.25, -0.2) is 0 Å². The average molecular weight is 736 g/mol. The van der Waals surface area contributed by atoms with Gasteiger partial charge in [-0.3, -0.25) is 16.0 Å². The molecule has 0 saturated carbocycles. The first-order valence-electron chi connectivity index (χ1n) is 19.6.